The summed E-state index contributed by atoms with van der Waals surface area (Å²) in [6.07, 6.45) is -0.0516. The normalized spacial score (nSPS) is 26.0. The van der Waals surface area contributed by atoms with Crippen LogP contribution in [0.1, 0.15) is 12.6 Å². The molecule has 0 saturated carbocycles. The summed E-state index contributed by atoms with van der Waals surface area (Å²) in [4.78, 5) is 41.9. The van der Waals surface area contributed by atoms with Gasteiger partial charge in [-0.05, 0) is 0 Å². The van der Waals surface area contributed by atoms with Gasteiger partial charge in [0.05, 0.1) is 12.3 Å². The number of H-pyrrole nitrogens is 1. The van der Waals surface area contributed by atoms with Crippen molar-refractivity contribution in [3.63, 3.8) is 0 Å². The standard InChI is InChI=1S/C11H12FN2O8P/c1-2-7(22-23(18,19)20)9-6(15)3-8(21-9)14-4-5(12)10(16)13-11(14)17/h1,4,6-9,15H,3H2,(H,13,16,17)(H2,18,19,20)/t6-,7+,8+,9-/m0/s1. The van der Waals surface area contributed by atoms with Crippen molar-refractivity contribution in [3.8, 4) is 12.3 Å². The lowest BCUT2D eigenvalue weighted by atomic mass is 10.1. The summed E-state index contributed by atoms with van der Waals surface area (Å²) in [5.74, 6) is 0.675. The molecule has 2 rings (SSSR count). The summed E-state index contributed by atoms with van der Waals surface area (Å²) in [5, 5.41) is 9.90. The molecule has 1 aromatic rings. The molecule has 1 aromatic heterocycles. The SMILES string of the molecule is C#C[C@@H](OP(=O)(O)O)[C@H]1O[C@@H](n2cc(F)c(=O)[nH]c2=O)C[C@@H]1O. The van der Waals surface area contributed by atoms with Gasteiger partial charge in [0.1, 0.15) is 12.3 Å². The Morgan fingerprint density at radius 3 is 2.78 bits per heavy atom. The van der Waals surface area contributed by atoms with Gasteiger partial charge in [-0.15, -0.1) is 6.42 Å². The molecule has 0 radical (unpaired) electrons. The van der Waals surface area contributed by atoms with E-state index in [9.17, 15) is 23.7 Å². The van der Waals surface area contributed by atoms with Crippen molar-refractivity contribution in [1.82, 2.24) is 9.55 Å². The van der Waals surface area contributed by atoms with Crippen LogP contribution in [0.3, 0.4) is 0 Å². The fraction of sp³-hybridized carbons (Fsp3) is 0.455. The molecule has 0 unspecified atom stereocenters. The second kappa shape index (κ2) is 6.37. The Balaban J connectivity index is 2.26. The summed E-state index contributed by atoms with van der Waals surface area (Å²) >= 11 is 0. The van der Waals surface area contributed by atoms with Crippen LogP contribution in [0, 0.1) is 18.2 Å². The molecule has 1 fully saturated rings. The largest absolute Gasteiger partial charge is 0.470 e. The van der Waals surface area contributed by atoms with Crippen LogP contribution in [0.15, 0.2) is 15.8 Å². The van der Waals surface area contributed by atoms with Gasteiger partial charge >= 0.3 is 13.5 Å². The molecule has 4 N–H and O–H groups in total. The number of aliphatic hydroxyl groups excluding tert-OH is 1. The number of halogens is 1. The zero-order chi connectivity index (χ0) is 17.4. The Morgan fingerprint density at radius 1 is 1.57 bits per heavy atom. The molecule has 1 aliphatic rings. The maximum atomic E-state index is 13.3. The van der Waals surface area contributed by atoms with Crippen molar-refractivity contribution >= 4 is 7.82 Å². The number of rotatable bonds is 4. The molecular formula is C11H12FN2O8P. The molecular weight excluding hydrogens is 338 g/mol. The van der Waals surface area contributed by atoms with Crippen LogP contribution in [-0.4, -0.2) is 42.8 Å². The number of nitrogens with one attached hydrogen (secondary N) is 1. The molecule has 4 atom stereocenters. The van der Waals surface area contributed by atoms with Crippen molar-refractivity contribution in [2.45, 2.75) is 31.0 Å². The molecule has 0 aromatic carbocycles. The van der Waals surface area contributed by atoms with Crippen molar-refractivity contribution in [3.05, 3.63) is 32.9 Å². The highest BCUT2D eigenvalue weighted by Crippen LogP contribution is 2.41. The fourth-order valence-corrected chi connectivity index (χ4v) is 2.61. The maximum Gasteiger partial charge on any atom is 0.470 e. The van der Waals surface area contributed by atoms with E-state index in [1.165, 1.54) is 0 Å². The highest BCUT2D eigenvalue weighted by molar-refractivity contribution is 7.46. The van der Waals surface area contributed by atoms with E-state index in [2.05, 4.69) is 4.52 Å². The smallest absolute Gasteiger partial charge is 0.390 e. The molecule has 23 heavy (non-hydrogen) atoms. The van der Waals surface area contributed by atoms with Crippen LogP contribution in [-0.2, 0) is 13.8 Å². The van der Waals surface area contributed by atoms with Gasteiger partial charge in [-0.2, -0.15) is 4.39 Å². The Bertz CT molecular complexity index is 792. The first-order valence-corrected chi connectivity index (χ1v) is 7.70. The van der Waals surface area contributed by atoms with E-state index in [1.807, 2.05) is 5.92 Å². The highest BCUT2D eigenvalue weighted by Gasteiger charge is 2.42. The number of phosphoric acid groups is 1. The van der Waals surface area contributed by atoms with Gasteiger partial charge in [0.2, 0.25) is 5.82 Å². The predicted octanol–water partition coefficient (Wildman–Crippen LogP) is -1.56. The number of terminal acetylenes is 1. The first-order chi connectivity index (χ1) is 10.6. The van der Waals surface area contributed by atoms with E-state index in [0.717, 1.165) is 0 Å². The molecule has 1 saturated heterocycles. The van der Waals surface area contributed by atoms with Gasteiger partial charge in [-0.3, -0.25) is 18.9 Å². The maximum absolute atomic E-state index is 13.3. The Morgan fingerprint density at radius 2 is 2.22 bits per heavy atom. The van der Waals surface area contributed by atoms with E-state index in [1.54, 1.807) is 4.98 Å². The van der Waals surface area contributed by atoms with Gasteiger partial charge in [0.15, 0.2) is 6.10 Å². The fourth-order valence-electron chi connectivity index (χ4n) is 2.13. The van der Waals surface area contributed by atoms with Gasteiger partial charge in [-0.1, -0.05) is 5.92 Å². The number of aromatic amines is 1. The van der Waals surface area contributed by atoms with E-state index in [0.29, 0.717) is 10.8 Å². The number of aliphatic hydroxyl groups is 1. The average Bonchev–Trinajstić information content (AvgIpc) is 2.81. The Labute approximate surface area is 127 Å². The van der Waals surface area contributed by atoms with E-state index in [-0.39, 0.29) is 6.42 Å². The number of nitrogens with zero attached hydrogens (tertiary/aromatic N) is 1. The van der Waals surface area contributed by atoms with E-state index in [4.69, 9.17) is 20.9 Å². The quantitative estimate of drug-likeness (QED) is 0.376. The third kappa shape index (κ3) is 3.94. The number of hydrogen-bond donors (Lipinski definition) is 4. The average molecular weight is 350 g/mol. The summed E-state index contributed by atoms with van der Waals surface area (Å²) in [5.41, 5.74) is -2.20. The molecule has 0 amide bonds. The lowest BCUT2D eigenvalue weighted by molar-refractivity contribution is -0.0641. The summed E-state index contributed by atoms with van der Waals surface area (Å²) < 4.78 is 34.4. The van der Waals surface area contributed by atoms with Gasteiger partial charge < -0.3 is 19.6 Å². The van der Waals surface area contributed by atoms with Crippen molar-refractivity contribution < 1.29 is 33.1 Å². The number of aromatic nitrogens is 2. The van der Waals surface area contributed by atoms with Gasteiger partial charge in [-0.25, -0.2) is 9.36 Å². The first kappa shape index (κ1) is 17.6. The lowest BCUT2D eigenvalue weighted by Crippen LogP contribution is -2.36. The van der Waals surface area contributed by atoms with Crippen LogP contribution in [0.4, 0.5) is 4.39 Å². The third-order valence-corrected chi connectivity index (χ3v) is 3.59. The van der Waals surface area contributed by atoms with Crippen molar-refractivity contribution in [1.29, 1.82) is 0 Å². The molecule has 2 heterocycles. The molecule has 0 bridgehead atoms. The Hall–Kier alpha value is -1.80. The van der Waals surface area contributed by atoms with Gasteiger partial charge in [0, 0.05) is 6.42 Å². The molecule has 12 heteroatoms. The highest BCUT2D eigenvalue weighted by atomic mass is 31.2. The van der Waals surface area contributed by atoms with Crippen LogP contribution in [0.25, 0.3) is 0 Å². The van der Waals surface area contributed by atoms with Crippen LogP contribution < -0.4 is 11.2 Å². The van der Waals surface area contributed by atoms with Crippen LogP contribution in [0.2, 0.25) is 0 Å². The summed E-state index contributed by atoms with van der Waals surface area (Å²) in [6, 6.07) is 0. The van der Waals surface area contributed by atoms with Crippen molar-refractivity contribution in [2.75, 3.05) is 0 Å². The van der Waals surface area contributed by atoms with E-state index >= 15 is 0 Å². The second-order valence-corrected chi connectivity index (χ2v) is 5.88. The molecule has 1 aliphatic heterocycles. The zero-order valence-corrected chi connectivity index (χ0v) is 12.2. The van der Waals surface area contributed by atoms with Crippen LogP contribution >= 0.6 is 7.82 Å². The molecule has 0 spiro atoms. The second-order valence-electron chi connectivity index (χ2n) is 4.69. The minimum Gasteiger partial charge on any atom is -0.390 e. The number of phosphoric ester groups is 1. The topological polar surface area (TPSA) is 151 Å². The minimum absolute atomic E-state index is 0.237. The third-order valence-electron chi connectivity index (χ3n) is 3.08. The molecule has 0 aliphatic carbocycles. The first-order valence-electron chi connectivity index (χ1n) is 6.17. The zero-order valence-electron chi connectivity index (χ0n) is 11.3. The Kier molecular flexibility index (Phi) is 4.86. The van der Waals surface area contributed by atoms with Crippen molar-refractivity contribution in [2.24, 2.45) is 0 Å². The number of ether oxygens (including phenoxy) is 1. The van der Waals surface area contributed by atoms with Gasteiger partial charge in [0.25, 0.3) is 5.56 Å². The lowest BCUT2D eigenvalue weighted by Gasteiger charge is -2.22. The van der Waals surface area contributed by atoms with Crippen LogP contribution in [0.5, 0.6) is 0 Å². The predicted molar refractivity (Wildman–Crippen MR) is 71.6 cm³/mol. The molecule has 10 nitrogen and oxygen atoms in total. The number of hydrogen-bond acceptors (Lipinski definition) is 6. The van der Waals surface area contributed by atoms with E-state index < -0.39 is 49.4 Å². The monoisotopic (exact) mass is 350 g/mol. The molecule has 126 valence electrons. The summed E-state index contributed by atoms with van der Waals surface area (Å²) in [7, 11) is -4.94. The minimum atomic E-state index is -4.94. The summed E-state index contributed by atoms with van der Waals surface area (Å²) in [6.45, 7) is 0.